The van der Waals surface area contributed by atoms with Crippen LogP contribution in [0.5, 0.6) is 11.5 Å². The van der Waals surface area contributed by atoms with Crippen molar-refractivity contribution in [2.75, 3.05) is 85.6 Å². The average Bonchev–Trinajstić information content (AvgIpc) is 3.79. The molecule has 0 aliphatic carbocycles. The van der Waals surface area contributed by atoms with E-state index in [4.69, 9.17) is 25.8 Å². The van der Waals surface area contributed by atoms with Gasteiger partial charge in [-0.3, -0.25) is 9.59 Å². The number of fused-ring (bicyclic) bond motifs is 6. The van der Waals surface area contributed by atoms with Crippen molar-refractivity contribution in [1.82, 2.24) is 9.80 Å². The van der Waals surface area contributed by atoms with Crippen molar-refractivity contribution in [1.29, 1.82) is 0 Å². The predicted octanol–water partition coefficient (Wildman–Crippen LogP) is 9.94. The molecule has 4 aromatic rings. The fourth-order valence-electron chi connectivity index (χ4n) is 10.6. The number of hydrogen-bond donors (Lipinski definition) is 1. The lowest BCUT2D eigenvalue weighted by atomic mass is 9.89. The molecule has 380 valence electrons. The number of nitrogens with zero attached hydrogens (tertiary/aromatic N) is 5. The summed E-state index contributed by atoms with van der Waals surface area (Å²) in [5.41, 5.74) is 4.49. The number of amides is 3. The number of carbonyl (C=O) groups excluding carboxylic acids is 4. The van der Waals surface area contributed by atoms with Crippen molar-refractivity contribution in [3.05, 3.63) is 108 Å². The summed E-state index contributed by atoms with van der Waals surface area (Å²) in [6, 6.07) is 25.1. The molecule has 0 saturated carbocycles. The Morgan fingerprint density at radius 2 is 1.15 bits per heavy atom. The summed E-state index contributed by atoms with van der Waals surface area (Å²) in [5.74, 6) is 1.45. The van der Waals surface area contributed by atoms with Crippen molar-refractivity contribution >= 4 is 57.7 Å². The lowest BCUT2D eigenvalue weighted by Gasteiger charge is -2.41. The summed E-state index contributed by atoms with van der Waals surface area (Å²) >= 11 is 4.90. The molecular formula is C54H65ClF2N6O8. The fourth-order valence-corrected chi connectivity index (χ4v) is 10.8. The zero-order valence-electron chi connectivity index (χ0n) is 41.4. The summed E-state index contributed by atoms with van der Waals surface area (Å²) in [5, 5.41) is 3.02. The number of halogens is 3. The standard InChI is InChI=1S/C27H32FN3O4.C22H24FN3O2.C5H9ClO2/c1-27(2,3)35-26(33)31-23-7-4-6-20-21-16-29(13-5-15-34-19-10-8-18(28)9-11-19)14-12-22(21)30(25(20)23)17-24(31)32;23-15-5-7-16(8-6-15)28-12-2-10-25-11-9-20-18(13-25)17-3-1-4-19-22(17)26(20)14-21(27)24-19;1-5(2,3)8-4(6)7/h4,6-11,21-22H,5,12-17H2,1-3H3;1,3-8,18,20H,2,9-14H2,(H,24,27);1-3H3/t21-,22-;18-,20-;/m00./s1. The van der Waals surface area contributed by atoms with Gasteiger partial charge in [-0.05, 0) is 139 Å². The molecule has 6 aliphatic rings. The van der Waals surface area contributed by atoms with Gasteiger partial charge < -0.3 is 43.9 Å². The van der Waals surface area contributed by atoms with Crippen molar-refractivity contribution in [2.45, 2.75) is 102 Å². The van der Waals surface area contributed by atoms with Gasteiger partial charge in [-0.25, -0.2) is 23.3 Å². The lowest BCUT2D eigenvalue weighted by Crippen LogP contribution is -2.53. The zero-order valence-corrected chi connectivity index (χ0v) is 42.2. The molecule has 6 heterocycles. The highest BCUT2D eigenvalue weighted by Gasteiger charge is 2.49. The summed E-state index contributed by atoms with van der Waals surface area (Å²) in [6.07, 6.45) is 3.22. The summed E-state index contributed by atoms with van der Waals surface area (Å²) in [6.45, 7) is 18.3. The normalized spacial score (nSPS) is 21.0. The molecule has 0 spiro atoms. The van der Waals surface area contributed by atoms with Crippen LogP contribution in [0.25, 0.3) is 0 Å². The van der Waals surface area contributed by atoms with Gasteiger partial charge in [0.25, 0.3) is 5.91 Å². The molecule has 71 heavy (non-hydrogen) atoms. The minimum absolute atomic E-state index is 0.0886. The van der Waals surface area contributed by atoms with Crippen LogP contribution in [0.4, 0.5) is 41.1 Å². The third-order valence-corrected chi connectivity index (χ3v) is 13.4. The van der Waals surface area contributed by atoms with E-state index in [2.05, 4.69) is 47.9 Å². The van der Waals surface area contributed by atoms with Gasteiger partial charge in [0.15, 0.2) is 0 Å². The molecule has 2 fully saturated rings. The molecule has 0 bridgehead atoms. The number of piperidine rings is 2. The molecule has 0 radical (unpaired) electrons. The third kappa shape index (κ3) is 12.6. The number of likely N-dealkylation sites (tertiary alicyclic amines) is 2. The Morgan fingerprint density at radius 1 is 0.662 bits per heavy atom. The van der Waals surface area contributed by atoms with Crippen LogP contribution in [0.3, 0.4) is 0 Å². The van der Waals surface area contributed by atoms with Crippen LogP contribution in [0.1, 0.15) is 90.2 Å². The van der Waals surface area contributed by atoms with Gasteiger partial charge in [0.2, 0.25) is 5.91 Å². The fraction of sp³-hybridized carbons (Fsp3) is 0.481. The van der Waals surface area contributed by atoms with Crippen LogP contribution in [0.2, 0.25) is 0 Å². The van der Waals surface area contributed by atoms with Gasteiger partial charge in [0, 0.05) is 74.8 Å². The summed E-state index contributed by atoms with van der Waals surface area (Å²) in [7, 11) is 0. The molecular weight excluding hydrogens is 934 g/mol. The first-order valence-electron chi connectivity index (χ1n) is 24.6. The number of nitrogens with one attached hydrogen (secondary N) is 1. The topological polar surface area (TPSA) is 133 Å². The number of para-hydroxylation sites is 2. The van der Waals surface area contributed by atoms with E-state index in [9.17, 15) is 28.0 Å². The van der Waals surface area contributed by atoms with E-state index >= 15 is 0 Å². The van der Waals surface area contributed by atoms with E-state index in [0.717, 1.165) is 76.3 Å². The van der Waals surface area contributed by atoms with Crippen LogP contribution < -0.4 is 29.5 Å². The number of imide groups is 1. The maximum absolute atomic E-state index is 13.1. The molecule has 4 atom stereocenters. The van der Waals surface area contributed by atoms with Gasteiger partial charge in [-0.1, -0.05) is 24.3 Å². The maximum atomic E-state index is 13.1. The van der Waals surface area contributed by atoms with Crippen LogP contribution in [-0.2, 0) is 19.1 Å². The third-order valence-electron chi connectivity index (χ3n) is 13.4. The number of ether oxygens (including phenoxy) is 4. The molecule has 3 amide bonds. The molecule has 0 unspecified atom stereocenters. The van der Waals surface area contributed by atoms with Crippen LogP contribution >= 0.6 is 11.6 Å². The first kappa shape index (κ1) is 51.4. The Hall–Kier alpha value is -5.97. The van der Waals surface area contributed by atoms with Gasteiger partial charge in [0.05, 0.1) is 49.1 Å². The Bertz CT molecular complexity index is 2550. The van der Waals surface area contributed by atoms with Crippen molar-refractivity contribution in [3.8, 4) is 11.5 Å². The maximum Gasteiger partial charge on any atom is 0.421 e. The van der Waals surface area contributed by atoms with Crippen LogP contribution in [0.15, 0.2) is 84.9 Å². The highest BCUT2D eigenvalue weighted by atomic mass is 35.5. The van der Waals surface area contributed by atoms with E-state index in [1.807, 2.05) is 18.2 Å². The van der Waals surface area contributed by atoms with E-state index < -0.39 is 22.7 Å². The van der Waals surface area contributed by atoms with Crippen LogP contribution in [-0.4, -0.2) is 122 Å². The first-order chi connectivity index (χ1) is 33.8. The quantitative estimate of drug-likeness (QED) is 0.120. The first-order valence-corrected chi connectivity index (χ1v) is 24.9. The lowest BCUT2D eigenvalue weighted by molar-refractivity contribution is -0.117. The molecule has 0 aromatic heterocycles. The Kier molecular flexibility index (Phi) is 15.8. The molecule has 2 saturated heterocycles. The molecule has 1 N–H and O–H groups in total. The number of rotatable bonds is 10. The van der Waals surface area contributed by atoms with Crippen LogP contribution in [0, 0.1) is 11.6 Å². The monoisotopic (exact) mass is 998 g/mol. The molecule has 6 aliphatic heterocycles. The van der Waals surface area contributed by atoms with Crippen molar-refractivity contribution in [3.63, 3.8) is 0 Å². The van der Waals surface area contributed by atoms with Crippen molar-refractivity contribution < 1.29 is 46.9 Å². The van der Waals surface area contributed by atoms with Gasteiger partial charge in [0.1, 0.15) is 34.3 Å². The second-order valence-electron chi connectivity index (χ2n) is 20.8. The smallest absolute Gasteiger partial charge is 0.421 e. The molecule has 10 rings (SSSR count). The Balaban J connectivity index is 0.000000168. The minimum Gasteiger partial charge on any atom is -0.494 e. The summed E-state index contributed by atoms with van der Waals surface area (Å²) < 4.78 is 47.6. The second kappa shape index (κ2) is 21.8. The highest BCUT2D eigenvalue weighted by molar-refractivity contribution is 6.61. The van der Waals surface area contributed by atoms with E-state index in [-0.39, 0.29) is 42.0 Å². The Labute approximate surface area is 420 Å². The minimum atomic E-state index is -0.752. The number of benzene rings is 4. The van der Waals surface area contributed by atoms with Gasteiger partial charge >= 0.3 is 11.5 Å². The van der Waals surface area contributed by atoms with E-state index in [1.54, 1.807) is 65.8 Å². The van der Waals surface area contributed by atoms with Gasteiger partial charge in [-0.2, -0.15) is 0 Å². The van der Waals surface area contributed by atoms with Gasteiger partial charge in [-0.15, -0.1) is 0 Å². The average molecular weight is 1000 g/mol. The molecule has 14 nitrogen and oxygen atoms in total. The number of anilines is 4. The predicted molar refractivity (Wildman–Crippen MR) is 270 cm³/mol. The number of hydrogen-bond acceptors (Lipinski definition) is 12. The number of carbonyl (C=O) groups is 4. The molecule has 17 heteroatoms. The zero-order chi connectivity index (χ0) is 50.6. The van der Waals surface area contributed by atoms with E-state index in [0.29, 0.717) is 48.9 Å². The van der Waals surface area contributed by atoms with E-state index in [1.165, 1.54) is 46.0 Å². The van der Waals surface area contributed by atoms with Crippen molar-refractivity contribution in [2.24, 2.45) is 0 Å². The second-order valence-corrected chi connectivity index (χ2v) is 21.1. The SMILES string of the molecule is CC(C)(C)OC(=O)Cl.CC(C)(C)OC(=O)N1C(=O)CN2c3c(cccc31)[C@@H]1CN(CCCOc3ccc(F)cc3)CC[C@@H]12.O=C1CN2c3c(cccc3[C@@H]3CN(CCCOc4ccc(F)cc4)CC[C@@H]32)N1. The highest BCUT2D eigenvalue weighted by Crippen LogP contribution is 2.52. The summed E-state index contributed by atoms with van der Waals surface area (Å²) in [4.78, 5) is 58.7. The molecule has 4 aromatic carbocycles. The Morgan fingerprint density at radius 3 is 1.65 bits per heavy atom. The largest absolute Gasteiger partial charge is 0.494 e.